The van der Waals surface area contributed by atoms with Gasteiger partial charge < -0.3 is 0 Å². The molecular weight excluding hydrogens is 286 g/mol. The molecule has 21 heavy (non-hydrogen) atoms. The third-order valence-corrected chi connectivity index (χ3v) is 5.34. The van der Waals surface area contributed by atoms with Crippen molar-refractivity contribution < 1.29 is 14.4 Å². The molecule has 0 radical (unpaired) electrons. The summed E-state index contributed by atoms with van der Waals surface area (Å²) in [5.41, 5.74) is 0. The Morgan fingerprint density at radius 3 is 2.19 bits per heavy atom. The molecule has 0 N–H and O–H groups in total. The van der Waals surface area contributed by atoms with Crippen LogP contribution in [0, 0.1) is 0 Å². The van der Waals surface area contributed by atoms with E-state index in [1.54, 1.807) is 0 Å². The second-order valence-electron chi connectivity index (χ2n) is 5.95. The lowest BCUT2D eigenvalue weighted by Gasteiger charge is -2.23. The standard InChI is InChI=1S/C16H27NO3S/c1-2-21-14-12-15(18)17(16(14)19)20-13-10-8-6-4-3-5-7-9-11-13/h13-14H,2-12H2,1H3. The SMILES string of the molecule is CCSC1CC(=O)N(OC2CCCCCCCCC2)C1=O. The van der Waals surface area contributed by atoms with E-state index in [4.69, 9.17) is 4.84 Å². The number of thioether (sulfide) groups is 1. The van der Waals surface area contributed by atoms with Crippen LogP contribution in [0.2, 0.25) is 0 Å². The maximum Gasteiger partial charge on any atom is 0.267 e. The topological polar surface area (TPSA) is 46.6 Å². The Bertz CT molecular complexity index is 351. The van der Waals surface area contributed by atoms with Crippen molar-refractivity contribution in [2.45, 2.75) is 82.5 Å². The van der Waals surface area contributed by atoms with Gasteiger partial charge in [0.15, 0.2) is 0 Å². The molecule has 1 saturated heterocycles. The first kappa shape index (κ1) is 16.8. The summed E-state index contributed by atoms with van der Waals surface area (Å²) in [4.78, 5) is 30.0. The number of carbonyl (C=O) groups excluding carboxylic acids is 2. The molecule has 2 rings (SSSR count). The van der Waals surface area contributed by atoms with Gasteiger partial charge in [-0.1, -0.05) is 51.9 Å². The average Bonchev–Trinajstić information content (AvgIpc) is 2.74. The maximum atomic E-state index is 12.2. The first-order valence-electron chi connectivity index (χ1n) is 8.37. The van der Waals surface area contributed by atoms with Gasteiger partial charge in [-0.25, -0.2) is 0 Å². The van der Waals surface area contributed by atoms with Crippen LogP contribution < -0.4 is 0 Å². The van der Waals surface area contributed by atoms with Gasteiger partial charge in [-0.2, -0.15) is 5.06 Å². The molecule has 1 aliphatic heterocycles. The fourth-order valence-electron chi connectivity index (χ4n) is 3.05. The summed E-state index contributed by atoms with van der Waals surface area (Å²) in [7, 11) is 0. The molecule has 1 aliphatic carbocycles. The van der Waals surface area contributed by atoms with Crippen LogP contribution in [0.4, 0.5) is 0 Å². The van der Waals surface area contributed by atoms with Crippen LogP contribution in [0.1, 0.15) is 71.1 Å². The first-order chi connectivity index (χ1) is 10.2. The number of amides is 2. The number of carbonyl (C=O) groups is 2. The van der Waals surface area contributed by atoms with Crippen LogP contribution in [-0.2, 0) is 14.4 Å². The fourth-order valence-corrected chi connectivity index (χ4v) is 3.95. The highest BCUT2D eigenvalue weighted by Crippen LogP contribution is 2.27. The van der Waals surface area contributed by atoms with Gasteiger partial charge in [0.05, 0.1) is 17.8 Å². The highest BCUT2D eigenvalue weighted by atomic mass is 32.2. The summed E-state index contributed by atoms with van der Waals surface area (Å²) in [5, 5.41) is 0.839. The van der Waals surface area contributed by atoms with E-state index in [9.17, 15) is 9.59 Å². The van der Waals surface area contributed by atoms with Gasteiger partial charge in [0.2, 0.25) is 0 Å². The summed E-state index contributed by atoms with van der Waals surface area (Å²) < 4.78 is 0. The van der Waals surface area contributed by atoms with Crippen LogP contribution >= 0.6 is 11.8 Å². The zero-order valence-electron chi connectivity index (χ0n) is 13.0. The lowest BCUT2D eigenvalue weighted by atomic mass is 9.99. The molecule has 0 aromatic rings. The minimum absolute atomic E-state index is 0.0291. The Morgan fingerprint density at radius 2 is 1.62 bits per heavy atom. The molecule has 1 atom stereocenters. The van der Waals surface area contributed by atoms with Crippen LogP contribution in [0.3, 0.4) is 0 Å². The maximum absolute atomic E-state index is 12.2. The van der Waals surface area contributed by atoms with E-state index in [1.165, 1.54) is 43.9 Å². The lowest BCUT2D eigenvalue weighted by molar-refractivity contribution is -0.204. The zero-order chi connectivity index (χ0) is 15.1. The van der Waals surface area contributed by atoms with Crippen molar-refractivity contribution in [2.24, 2.45) is 0 Å². The Hall–Kier alpha value is -0.550. The Morgan fingerprint density at radius 1 is 1.05 bits per heavy atom. The molecule has 0 spiro atoms. The molecule has 1 heterocycles. The molecule has 120 valence electrons. The third kappa shape index (κ3) is 4.99. The molecule has 2 amide bonds. The third-order valence-electron chi connectivity index (χ3n) is 4.24. The smallest absolute Gasteiger partial charge is 0.267 e. The summed E-state index contributed by atoms with van der Waals surface area (Å²) in [6.45, 7) is 2.01. The highest BCUT2D eigenvalue weighted by Gasteiger charge is 2.40. The number of hydrogen-bond donors (Lipinski definition) is 0. The van der Waals surface area contributed by atoms with E-state index in [1.807, 2.05) is 6.92 Å². The predicted molar refractivity (Wildman–Crippen MR) is 84.8 cm³/mol. The second kappa shape index (κ2) is 8.79. The molecule has 0 aromatic carbocycles. The van der Waals surface area contributed by atoms with E-state index in [-0.39, 0.29) is 23.2 Å². The summed E-state index contributed by atoms with van der Waals surface area (Å²) in [6, 6.07) is 0. The van der Waals surface area contributed by atoms with Crippen LogP contribution in [0.5, 0.6) is 0 Å². The zero-order valence-corrected chi connectivity index (χ0v) is 13.8. The van der Waals surface area contributed by atoms with Crippen molar-refractivity contribution >= 4 is 23.6 Å². The number of rotatable bonds is 4. The monoisotopic (exact) mass is 313 g/mol. The molecule has 5 heteroatoms. The molecule has 0 bridgehead atoms. The van der Waals surface area contributed by atoms with Crippen molar-refractivity contribution in [1.29, 1.82) is 0 Å². The van der Waals surface area contributed by atoms with Crippen molar-refractivity contribution in [2.75, 3.05) is 5.75 Å². The predicted octanol–water partition coefficient (Wildman–Crippen LogP) is 3.69. The van der Waals surface area contributed by atoms with Gasteiger partial charge in [0.1, 0.15) is 0 Å². The summed E-state index contributed by atoms with van der Waals surface area (Å²) >= 11 is 1.54. The number of imide groups is 1. The van der Waals surface area contributed by atoms with E-state index in [0.717, 1.165) is 36.5 Å². The van der Waals surface area contributed by atoms with Crippen LogP contribution in [-0.4, -0.2) is 34.0 Å². The second-order valence-corrected chi connectivity index (χ2v) is 7.43. The Balaban J connectivity index is 1.88. The van der Waals surface area contributed by atoms with Gasteiger partial charge in [-0.3, -0.25) is 14.4 Å². The normalized spacial score (nSPS) is 26.3. The number of nitrogens with zero attached hydrogens (tertiary/aromatic N) is 1. The minimum atomic E-state index is -0.234. The van der Waals surface area contributed by atoms with E-state index >= 15 is 0 Å². The van der Waals surface area contributed by atoms with Crippen LogP contribution in [0.25, 0.3) is 0 Å². The molecule has 0 aromatic heterocycles. The molecule has 4 nitrogen and oxygen atoms in total. The lowest BCUT2D eigenvalue weighted by Crippen LogP contribution is -2.35. The largest absolute Gasteiger partial charge is 0.272 e. The average molecular weight is 313 g/mol. The Kier molecular flexibility index (Phi) is 7.04. The fraction of sp³-hybridized carbons (Fsp3) is 0.875. The van der Waals surface area contributed by atoms with E-state index in [2.05, 4.69) is 0 Å². The molecule has 1 unspecified atom stereocenters. The van der Waals surface area contributed by atoms with Gasteiger partial charge in [-0.05, 0) is 18.6 Å². The van der Waals surface area contributed by atoms with Crippen molar-refractivity contribution in [3.8, 4) is 0 Å². The van der Waals surface area contributed by atoms with Crippen molar-refractivity contribution in [3.63, 3.8) is 0 Å². The quantitative estimate of drug-likeness (QED) is 0.743. The highest BCUT2D eigenvalue weighted by molar-refractivity contribution is 8.00. The Labute approximate surface area is 131 Å². The van der Waals surface area contributed by atoms with Crippen molar-refractivity contribution in [1.82, 2.24) is 5.06 Å². The first-order valence-corrected chi connectivity index (χ1v) is 9.42. The summed E-state index contributed by atoms with van der Waals surface area (Å²) in [6.07, 6.45) is 10.9. The minimum Gasteiger partial charge on any atom is -0.272 e. The van der Waals surface area contributed by atoms with E-state index < -0.39 is 0 Å². The van der Waals surface area contributed by atoms with Crippen molar-refractivity contribution in [3.05, 3.63) is 0 Å². The van der Waals surface area contributed by atoms with E-state index in [0.29, 0.717) is 6.42 Å². The van der Waals surface area contributed by atoms with Gasteiger partial charge in [0.25, 0.3) is 11.8 Å². The van der Waals surface area contributed by atoms with Crippen LogP contribution in [0.15, 0.2) is 0 Å². The number of hydrogen-bond acceptors (Lipinski definition) is 4. The molecule has 2 aliphatic rings. The molecule has 2 fully saturated rings. The number of hydroxylamine groups is 2. The van der Waals surface area contributed by atoms with Gasteiger partial charge in [0, 0.05) is 0 Å². The van der Waals surface area contributed by atoms with Gasteiger partial charge in [-0.15, -0.1) is 11.8 Å². The molecule has 1 saturated carbocycles. The summed E-state index contributed by atoms with van der Waals surface area (Å²) in [5.74, 6) is 0.535. The molecular formula is C16H27NO3S. The van der Waals surface area contributed by atoms with Gasteiger partial charge >= 0.3 is 0 Å².